The zero-order valence-corrected chi connectivity index (χ0v) is 22.7. The fraction of sp³-hybridized carbons (Fsp3) is 0.833. The molecule has 0 amide bonds. The zero-order chi connectivity index (χ0) is 25.5. The first-order valence-corrected chi connectivity index (χ1v) is 13.6. The second-order valence-corrected chi connectivity index (χ2v) is 14.1. The molecule has 0 aromatic carbocycles. The molecule has 4 heteroatoms. The van der Waals surface area contributed by atoms with Crippen LogP contribution in [0.3, 0.4) is 0 Å². The minimum Gasteiger partial charge on any atom is -0.505 e. The third-order valence-electron chi connectivity index (χ3n) is 11.6. The number of aliphatic hydroxyl groups excluding tert-OH is 2. The van der Waals surface area contributed by atoms with Crippen LogP contribution in [0.5, 0.6) is 0 Å². The van der Waals surface area contributed by atoms with Gasteiger partial charge in [-0.3, -0.25) is 4.79 Å². The predicted octanol–water partition coefficient (Wildman–Crippen LogP) is 6.37. The van der Waals surface area contributed by atoms with Crippen LogP contribution in [-0.4, -0.2) is 32.8 Å². The van der Waals surface area contributed by atoms with E-state index >= 15 is 0 Å². The Morgan fingerprint density at radius 3 is 2.35 bits per heavy atom. The molecule has 4 aliphatic rings. The lowest BCUT2D eigenvalue weighted by atomic mass is 9.42. The molecule has 0 bridgehead atoms. The van der Waals surface area contributed by atoms with E-state index in [1.807, 2.05) is 19.9 Å². The molecule has 2 fully saturated rings. The Hall–Kier alpha value is -1.13. The highest BCUT2D eigenvalue weighted by molar-refractivity contribution is 5.98. The first-order chi connectivity index (χ1) is 15.5. The third-order valence-corrected chi connectivity index (χ3v) is 11.6. The third kappa shape index (κ3) is 3.49. The number of carbonyl (C=O) groups is 1. The Morgan fingerprint density at radius 2 is 1.74 bits per heavy atom. The molecule has 3 N–H and O–H groups in total. The summed E-state index contributed by atoms with van der Waals surface area (Å²) in [6.07, 6.45) is 10.8. The van der Waals surface area contributed by atoms with Crippen molar-refractivity contribution in [3.8, 4) is 0 Å². The van der Waals surface area contributed by atoms with Crippen molar-refractivity contribution in [1.82, 2.24) is 0 Å². The van der Waals surface area contributed by atoms with Crippen molar-refractivity contribution in [3.63, 3.8) is 0 Å². The van der Waals surface area contributed by atoms with Crippen LogP contribution in [0.4, 0.5) is 0 Å². The largest absolute Gasteiger partial charge is 0.505 e. The van der Waals surface area contributed by atoms with Crippen LogP contribution in [0, 0.1) is 45.3 Å². The maximum atomic E-state index is 12.8. The van der Waals surface area contributed by atoms with Crippen molar-refractivity contribution in [2.45, 2.75) is 112 Å². The molecule has 0 spiro atoms. The normalized spacial score (nSPS) is 43.2. The smallest absolute Gasteiger partial charge is 0.202 e. The van der Waals surface area contributed by atoms with Crippen molar-refractivity contribution in [3.05, 3.63) is 23.5 Å². The summed E-state index contributed by atoms with van der Waals surface area (Å²) >= 11 is 0. The molecular weight excluding hydrogens is 424 g/mol. The molecule has 8 atom stereocenters. The average molecular weight is 473 g/mol. The number of aliphatic hydroxyl groups is 3. The van der Waals surface area contributed by atoms with E-state index in [1.165, 1.54) is 12.8 Å². The lowest BCUT2D eigenvalue weighted by Gasteiger charge is -2.62. The van der Waals surface area contributed by atoms with Crippen LogP contribution in [0.2, 0.25) is 0 Å². The van der Waals surface area contributed by atoms with E-state index in [1.54, 1.807) is 19.4 Å². The molecular formula is C30H48O4. The summed E-state index contributed by atoms with van der Waals surface area (Å²) in [5.74, 6) is 1.51. The van der Waals surface area contributed by atoms with Gasteiger partial charge in [0.15, 0.2) is 5.76 Å². The monoisotopic (exact) mass is 472 g/mol. The number of hydrogen-bond donors (Lipinski definition) is 3. The van der Waals surface area contributed by atoms with Gasteiger partial charge in [0.1, 0.15) is 0 Å². The van der Waals surface area contributed by atoms with Gasteiger partial charge in [0.05, 0.1) is 11.7 Å². The summed E-state index contributed by atoms with van der Waals surface area (Å²) < 4.78 is 0. The highest BCUT2D eigenvalue weighted by Gasteiger charge is 2.65. The Bertz CT molecular complexity index is 907. The standard InChI is InChI=1S/C30H48O4/c1-18(9-12-24(32)27(4,5)34)19-13-15-30(8)21-10-11-23-26(2,3)25(33)22(31)17-28(23,6)20(21)14-16-29(19,30)7/h10,17-20,23-24,31-32,34H,9,11-16H2,1-8H3. The summed E-state index contributed by atoms with van der Waals surface area (Å²) in [6.45, 7) is 17.0. The van der Waals surface area contributed by atoms with Crippen LogP contribution >= 0.6 is 0 Å². The summed E-state index contributed by atoms with van der Waals surface area (Å²) in [5.41, 5.74) is 0.0806. The van der Waals surface area contributed by atoms with Gasteiger partial charge in [-0.1, -0.05) is 53.2 Å². The number of Topliss-reactive ketones (excluding diaryl/α,β-unsaturated/α-hetero) is 1. The predicted molar refractivity (Wildman–Crippen MR) is 136 cm³/mol. The Kier molecular flexibility index (Phi) is 6.06. The maximum absolute atomic E-state index is 12.8. The second-order valence-electron chi connectivity index (χ2n) is 14.1. The molecule has 4 rings (SSSR count). The topological polar surface area (TPSA) is 77.8 Å². The van der Waals surface area contributed by atoms with Gasteiger partial charge in [-0.15, -0.1) is 0 Å². The van der Waals surface area contributed by atoms with Crippen molar-refractivity contribution >= 4 is 5.78 Å². The second kappa shape index (κ2) is 7.93. The molecule has 0 heterocycles. The van der Waals surface area contributed by atoms with Crippen LogP contribution in [0.15, 0.2) is 23.5 Å². The highest BCUT2D eigenvalue weighted by atomic mass is 16.3. The molecule has 8 unspecified atom stereocenters. The van der Waals surface area contributed by atoms with Gasteiger partial charge in [0.2, 0.25) is 5.78 Å². The molecule has 0 aliphatic heterocycles. The zero-order valence-electron chi connectivity index (χ0n) is 22.7. The van der Waals surface area contributed by atoms with Crippen LogP contribution in [-0.2, 0) is 4.79 Å². The molecule has 0 aromatic heterocycles. The molecule has 0 radical (unpaired) electrons. The van der Waals surface area contributed by atoms with Crippen molar-refractivity contribution in [2.24, 2.45) is 45.3 Å². The molecule has 4 aliphatic carbocycles. The van der Waals surface area contributed by atoms with E-state index in [4.69, 9.17) is 0 Å². The number of ketones is 1. The lowest BCUT2D eigenvalue weighted by Crippen LogP contribution is -2.56. The SMILES string of the molecule is CC(CCC(O)C(C)(C)O)C1CCC2(C)C3=CCC4C(C)(C)C(=O)C(O)=CC4(C)C3CCC12C. The van der Waals surface area contributed by atoms with Gasteiger partial charge in [0, 0.05) is 10.8 Å². The molecule has 192 valence electrons. The Morgan fingerprint density at radius 1 is 1.09 bits per heavy atom. The molecule has 0 aromatic rings. The molecule has 2 saturated carbocycles. The number of rotatable bonds is 5. The maximum Gasteiger partial charge on any atom is 0.202 e. The van der Waals surface area contributed by atoms with E-state index < -0.39 is 17.1 Å². The summed E-state index contributed by atoms with van der Waals surface area (Å²) in [4.78, 5) is 12.8. The molecule has 4 nitrogen and oxygen atoms in total. The van der Waals surface area contributed by atoms with E-state index in [9.17, 15) is 20.1 Å². The van der Waals surface area contributed by atoms with E-state index in [-0.39, 0.29) is 33.7 Å². The van der Waals surface area contributed by atoms with Gasteiger partial charge in [-0.2, -0.15) is 0 Å². The van der Waals surface area contributed by atoms with Gasteiger partial charge in [-0.05, 0) is 99.4 Å². The number of fused-ring (bicyclic) bond motifs is 5. The van der Waals surface area contributed by atoms with Gasteiger partial charge in [-0.25, -0.2) is 0 Å². The first-order valence-electron chi connectivity index (χ1n) is 13.6. The first kappa shape index (κ1) is 25.9. The fourth-order valence-corrected chi connectivity index (χ4v) is 9.14. The summed E-state index contributed by atoms with van der Waals surface area (Å²) in [7, 11) is 0. The summed E-state index contributed by atoms with van der Waals surface area (Å²) in [5, 5.41) is 31.2. The van der Waals surface area contributed by atoms with Gasteiger partial charge < -0.3 is 15.3 Å². The lowest BCUT2D eigenvalue weighted by molar-refractivity contribution is -0.136. The minimum absolute atomic E-state index is 0.0354. The minimum atomic E-state index is -1.06. The van der Waals surface area contributed by atoms with Gasteiger partial charge >= 0.3 is 0 Å². The number of allylic oxidation sites excluding steroid dienone is 4. The van der Waals surface area contributed by atoms with E-state index in [0.29, 0.717) is 24.2 Å². The number of carbonyl (C=O) groups excluding carboxylic acids is 1. The average Bonchev–Trinajstić information content (AvgIpc) is 3.01. The Labute approximate surface area is 206 Å². The highest BCUT2D eigenvalue weighted by Crippen LogP contribution is 2.72. The van der Waals surface area contributed by atoms with Crippen molar-refractivity contribution in [1.29, 1.82) is 0 Å². The Balaban J connectivity index is 1.62. The van der Waals surface area contributed by atoms with E-state index in [0.717, 1.165) is 25.7 Å². The summed E-state index contributed by atoms with van der Waals surface area (Å²) in [6, 6.07) is 0. The van der Waals surface area contributed by atoms with Crippen molar-refractivity contribution < 1.29 is 20.1 Å². The van der Waals surface area contributed by atoms with Crippen molar-refractivity contribution in [2.75, 3.05) is 0 Å². The number of hydrogen-bond acceptors (Lipinski definition) is 4. The van der Waals surface area contributed by atoms with Crippen LogP contribution in [0.1, 0.15) is 100 Å². The molecule has 0 saturated heterocycles. The van der Waals surface area contributed by atoms with Crippen LogP contribution in [0.25, 0.3) is 0 Å². The van der Waals surface area contributed by atoms with E-state index in [2.05, 4.69) is 33.8 Å². The van der Waals surface area contributed by atoms with Crippen LogP contribution < -0.4 is 0 Å². The quantitative estimate of drug-likeness (QED) is 0.406. The fourth-order valence-electron chi connectivity index (χ4n) is 9.14. The van der Waals surface area contributed by atoms with Gasteiger partial charge in [0.25, 0.3) is 0 Å². The molecule has 34 heavy (non-hydrogen) atoms.